The molecule has 1 aromatic carbocycles. The van der Waals surface area contributed by atoms with E-state index >= 15 is 0 Å². The number of pyridine rings is 1. The molecule has 2 aromatic rings. The average Bonchev–Trinajstić information content (AvgIpc) is 2.97. The van der Waals surface area contributed by atoms with Gasteiger partial charge in [-0.3, -0.25) is 4.79 Å². The summed E-state index contributed by atoms with van der Waals surface area (Å²) in [5.41, 5.74) is 6.30. The Bertz CT molecular complexity index is 658. The van der Waals surface area contributed by atoms with E-state index in [1.165, 1.54) is 0 Å². The quantitative estimate of drug-likeness (QED) is 0.942. The third kappa shape index (κ3) is 3.51. The molecule has 5 nitrogen and oxygen atoms in total. The van der Waals surface area contributed by atoms with Gasteiger partial charge in [0.15, 0.2) is 0 Å². The molecule has 0 saturated carbocycles. The van der Waals surface area contributed by atoms with Gasteiger partial charge in [0.05, 0.1) is 5.56 Å². The van der Waals surface area contributed by atoms with Crippen molar-refractivity contribution in [2.24, 2.45) is 11.7 Å². The number of aromatic nitrogens is 1. The van der Waals surface area contributed by atoms with Crippen molar-refractivity contribution >= 4 is 5.91 Å². The Balaban J connectivity index is 1.68. The number of nitrogens with two attached hydrogens (primary N) is 1. The Morgan fingerprint density at radius 3 is 2.70 bits per heavy atom. The lowest BCUT2D eigenvalue weighted by molar-refractivity contribution is 0.0743. The van der Waals surface area contributed by atoms with E-state index in [1.54, 1.807) is 18.3 Å². The molecule has 5 heteroatoms. The van der Waals surface area contributed by atoms with Crippen LogP contribution in [0.1, 0.15) is 23.7 Å². The molecule has 1 aliphatic heterocycles. The van der Waals surface area contributed by atoms with Gasteiger partial charge < -0.3 is 15.4 Å². The van der Waals surface area contributed by atoms with Gasteiger partial charge in [0.1, 0.15) is 5.75 Å². The van der Waals surface area contributed by atoms with Crippen molar-refractivity contribution in [3.05, 3.63) is 54.2 Å². The summed E-state index contributed by atoms with van der Waals surface area (Å²) in [6.07, 6.45) is 2.54. The van der Waals surface area contributed by atoms with Crippen LogP contribution in [0.4, 0.5) is 0 Å². The fourth-order valence-electron chi connectivity index (χ4n) is 2.94. The largest absolute Gasteiger partial charge is 0.439 e. The second-order valence-corrected chi connectivity index (χ2v) is 5.94. The molecule has 1 amide bonds. The first-order valence-corrected chi connectivity index (χ1v) is 7.87. The van der Waals surface area contributed by atoms with E-state index in [0.717, 1.165) is 18.7 Å². The monoisotopic (exact) mass is 311 g/mol. The highest BCUT2D eigenvalue weighted by atomic mass is 16.5. The summed E-state index contributed by atoms with van der Waals surface area (Å²) in [4.78, 5) is 18.7. The van der Waals surface area contributed by atoms with Gasteiger partial charge in [0.2, 0.25) is 5.88 Å². The lowest BCUT2D eigenvalue weighted by atomic mass is 10.1. The Morgan fingerprint density at radius 1 is 1.30 bits per heavy atom. The van der Waals surface area contributed by atoms with Crippen molar-refractivity contribution in [3.63, 3.8) is 0 Å². The molecule has 0 aliphatic carbocycles. The molecule has 0 bridgehead atoms. The second-order valence-electron chi connectivity index (χ2n) is 5.94. The van der Waals surface area contributed by atoms with Crippen molar-refractivity contribution in [2.75, 3.05) is 13.1 Å². The maximum Gasteiger partial charge on any atom is 0.255 e. The van der Waals surface area contributed by atoms with Crippen LogP contribution < -0.4 is 10.5 Å². The van der Waals surface area contributed by atoms with Gasteiger partial charge in [-0.1, -0.05) is 18.2 Å². The summed E-state index contributed by atoms with van der Waals surface area (Å²) in [6, 6.07) is 13.1. The highest BCUT2D eigenvalue weighted by molar-refractivity contribution is 5.94. The molecule has 2 heterocycles. The molecule has 1 fully saturated rings. The molecule has 2 atom stereocenters. The zero-order valence-electron chi connectivity index (χ0n) is 13.2. The maximum absolute atomic E-state index is 12.6. The Labute approximate surface area is 136 Å². The number of carbonyl (C=O) groups excluding carboxylic acids is 1. The van der Waals surface area contributed by atoms with Crippen LogP contribution >= 0.6 is 0 Å². The van der Waals surface area contributed by atoms with Crippen LogP contribution in [0.2, 0.25) is 0 Å². The molecule has 0 spiro atoms. The van der Waals surface area contributed by atoms with E-state index in [4.69, 9.17) is 10.5 Å². The van der Waals surface area contributed by atoms with Gasteiger partial charge >= 0.3 is 0 Å². The summed E-state index contributed by atoms with van der Waals surface area (Å²) < 4.78 is 5.64. The fraction of sp³-hybridized carbons (Fsp3) is 0.333. The highest BCUT2D eigenvalue weighted by Crippen LogP contribution is 2.25. The summed E-state index contributed by atoms with van der Waals surface area (Å²) >= 11 is 0. The summed E-state index contributed by atoms with van der Waals surface area (Å²) in [6.45, 7) is 3.41. The molecule has 120 valence electrons. The van der Waals surface area contributed by atoms with E-state index in [9.17, 15) is 4.79 Å². The second kappa shape index (κ2) is 6.79. The first-order valence-electron chi connectivity index (χ1n) is 7.87. The fourth-order valence-corrected chi connectivity index (χ4v) is 2.94. The molecule has 2 unspecified atom stereocenters. The van der Waals surface area contributed by atoms with Crippen molar-refractivity contribution in [2.45, 2.75) is 19.4 Å². The maximum atomic E-state index is 12.6. The minimum absolute atomic E-state index is 0.00668. The average molecular weight is 311 g/mol. The summed E-state index contributed by atoms with van der Waals surface area (Å²) in [7, 11) is 0. The first kappa shape index (κ1) is 15.5. The van der Waals surface area contributed by atoms with Crippen molar-refractivity contribution in [1.29, 1.82) is 0 Å². The summed E-state index contributed by atoms with van der Waals surface area (Å²) in [5, 5.41) is 0. The number of hydrogen-bond acceptors (Lipinski definition) is 4. The van der Waals surface area contributed by atoms with Crippen LogP contribution in [-0.4, -0.2) is 34.9 Å². The van der Waals surface area contributed by atoms with Crippen LogP contribution in [0, 0.1) is 5.92 Å². The molecule has 2 N–H and O–H groups in total. The zero-order chi connectivity index (χ0) is 16.2. The van der Waals surface area contributed by atoms with Crippen LogP contribution in [-0.2, 0) is 0 Å². The first-order chi connectivity index (χ1) is 11.2. The molecule has 23 heavy (non-hydrogen) atoms. The Kier molecular flexibility index (Phi) is 4.57. The normalized spacial score (nSPS) is 20.5. The standard InChI is InChI=1S/C18H21N3O2/c1-13-9-14(10-19)12-21(13)18(22)15-7-8-17(20-11-15)23-16-5-3-2-4-6-16/h2-8,11,13-14H,9-10,12,19H2,1H3. The van der Waals surface area contributed by atoms with E-state index in [0.29, 0.717) is 23.9 Å². The van der Waals surface area contributed by atoms with Crippen molar-refractivity contribution in [3.8, 4) is 11.6 Å². The van der Waals surface area contributed by atoms with Gasteiger partial charge in [-0.25, -0.2) is 4.98 Å². The van der Waals surface area contributed by atoms with Gasteiger partial charge in [-0.05, 0) is 44.0 Å². The molecular formula is C18H21N3O2. The minimum Gasteiger partial charge on any atom is -0.439 e. The van der Waals surface area contributed by atoms with Crippen LogP contribution in [0.15, 0.2) is 48.7 Å². The Hall–Kier alpha value is -2.40. The number of carbonyl (C=O) groups is 1. The smallest absolute Gasteiger partial charge is 0.255 e. The third-order valence-corrected chi connectivity index (χ3v) is 4.20. The van der Waals surface area contributed by atoms with E-state index < -0.39 is 0 Å². The predicted octanol–water partition coefficient (Wildman–Crippen LogP) is 2.68. The van der Waals surface area contributed by atoms with Crippen molar-refractivity contribution < 1.29 is 9.53 Å². The molecular weight excluding hydrogens is 290 g/mol. The van der Waals surface area contributed by atoms with Gasteiger partial charge in [-0.2, -0.15) is 0 Å². The van der Waals surface area contributed by atoms with E-state index in [2.05, 4.69) is 11.9 Å². The number of likely N-dealkylation sites (tertiary alicyclic amines) is 1. The number of benzene rings is 1. The van der Waals surface area contributed by atoms with Gasteiger partial charge in [0.25, 0.3) is 5.91 Å². The number of ether oxygens (including phenoxy) is 1. The summed E-state index contributed by atoms with van der Waals surface area (Å²) in [5.74, 6) is 1.59. The Morgan fingerprint density at radius 2 is 2.09 bits per heavy atom. The topological polar surface area (TPSA) is 68.5 Å². The van der Waals surface area contributed by atoms with Gasteiger partial charge in [-0.15, -0.1) is 0 Å². The SMILES string of the molecule is CC1CC(CN)CN1C(=O)c1ccc(Oc2ccccc2)nc1. The van der Waals surface area contributed by atoms with Crippen LogP contribution in [0.3, 0.4) is 0 Å². The number of hydrogen-bond donors (Lipinski definition) is 1. The van der Waals surface area contributed by atoms with Crippen molar-refractivity contribution in [1.82, 2.24) is 9.88 Å². The zero-order valence-corrected chi connectivity index (χ0v) is 13.2. The molecule has 3 rings (SSSR count). The molecule has 0 radical (unpaired) electrons. The molecule has 1 aromatic heterocycles. The number of para-hydroxylation sites is 1. The van der Waals surface area contributed by atoms with Crippen LogP contribution in [0.25, 0.3) is 0 Å². The van der Waals surface area contributed by atoms with E-state index in [1.807, 2.05) is 35.2 Å². The van der Waals surface area contributed by atoms with Crippen LogP contribution in [0.5, 0.6) is 11.6 Å². The molecule has 1 saturated heterocycles. The van der Waals surface area contributed by atoms with Gasteiger partial charge in [0, 0.05) is 24.8 Å². The number of nitrogens with zero attached hydrogens (tertiary/aromatic N) is 2. The number of rotatable bonds is 4. The highest BCUT2D eigenvalue weighted by Gasteiger charge is 2.32. The van der Waals surface area contributed by atoms with E-state index in [-0.39, 0.29) is 11.9 Å². The predicted molar refractivity (Wildman–Crippen MR) is 88.4 cm³/mol. The number of amides is 1. The molecule has 1 aliphatic rings. The minimum atomic E-state index is 0.00668. The lowest BCUT2D eigenvalue weighted by Gasteiger charge is -2.21. The third-order valence-electron chi connectivity index (χ3n) is 4.20. The lowest BCUT2D eigenvalue weighted by Crippen LogP contribution is -2.34.